The van der Waals surface area contributed by atoms with Crippen molar-refractivity contribution < 1.29 is 9.53 Å². The molecule has 0 spiro atoms. The molecule has 2 heterocycles. The Bertz CT molecular complexity index is 1610. The molecule has 2 aromatic heterocycles. The molecule has 0 atom stereocenters. The zero-order valence-electron chi connectivity index (χ0n) is 23.8. The number of fused-ring (bicyclic) bond motifs is 1. The molecule has 5 rings (SSSR count). The monoisotopic (exact) mass is 552 g/mol. The van der Waals surface area contributed by atoms with Crippen LogP contribution in [0.2, 0.25) is 19.6 Å². The molecule has 0 saturated heterocycles. The molecule has 1 fully saturated rings. The Labute approximate surface area is 236 Å². The predicted molar refractivity (Wildman–Crippen MR) is 165 cm³/mol. The Morgan fingerprint density at radius 2 is 1.77 bits per heavy atom. The Morgan fingerprint density at radius 3 is 2.44 bits per heavy atom. The molecule has 4 nitrogen and oxygen atoms in total. The molecule has 4 aromatic rings. The third-order valence-corrected chi connectivity index (χ3v) is 9.29. The molecular formula is C33H36N2O2SSi. The van der Waals surface area contributed by atoms with Crippen LogP contribution >= 0.6 is 11.3 Å². The van der Waals surface area contributed by atoms with E-state index < -0.39 is 8.07 Å². The van der Waals surface area contributed by atoms with Gasteiger partial charge in [-0.05, 0) is 74.1 Å². The predicted octanol–water partition coefficient (Wildman–Crippen LogP) is 8.71. The summed E-state index contributed by atoms with van der Waals surface area (Å²) in [6.45, 7) is 10.8. The van der Waals surface area contributed by atoms with Crippen LogP contribution in [-0.2, 0) is 4.74 Å². The fourth-order valence-electron chi connectivity index (χ4n) is 5.49. The van der Waals surface area contributed by atoms with E-state index in [1.165, 1.54) is 31.9 Å². The number of hydrogen-bond donors (Lipinski definition) is 0. The van der Waals surface area contributed by atoms with Gasteiger partial charge < -0.3 is 4.74 Å². The van der Waals surface area contributed by atoms with Crippen molar-refractivity contribution in [1.82, 2.24) is 9.97 Å². The number of ether oxygens (including phenoxy) is 1. The number of methoxy groups -OCH3 is 1. The highest BCUT2D eigenvalue weighted by Gasteiger charge is 2.24. The van der Waals surface area contributed by atoms with Gasteiger partial charge in [-0.15, -0.1) is 16.9 Å². The van der Waals surface area contributed by atoms with E-state index in [4.69, 9.17) is 9.72 Å². The van der Waals surface area contributed by atoms with Crippen LogP contribution in [0.4, 0.5) is 0 Å². The van der Waals surface area contributed by atoms with Gasteiger partial charge in [0, 0.05) is 16.5 Å². The molecule has 0 unspecified atom stereocenters. The zero-order chi connectivity index (χ0) is 27.7. The highest BCUT2D eigenvalue weighted by atomic mass is 32.1. The number of nitrogens with zero attached hydrogens (tertiary/aromatic N) is 2. The van der Waals surface area contributed by atoms with Gasteiger partial charge in [0.1, 0.15) is 8.07 Å². The molecule has 1 aliphatic carbocycles. The Kier molecular flexibility index (Phi) is 7.75. The van der Waals surface area contributed by atoms with E-state index in [9.17, 15) is 4.79 Å². The number of pyridine rings is 1. The second kappa shape index (κ2) is 11.1. The smallest absolute Gasteiger partial charge is 0.337 e. The van der Waals surface area contributed by atoms with Crippen molar-refractivity contribution in [2.24, 2.45) is 0 Å². The number of thiazole rings is 1. The summed E-state index contributed by atoms with van der Waals surface area (Å²) >= 11 is 1.69. The molecule has 1 saturated carbocycles. The fourth-order valence-corrected chi connectivity index (χ4v) is 6.89. The van der Waals surface area contributed by atoms with Crippen LogP contribution in [0.5, 0.6) is 0 Å². The topological polar surface area (TPSA) is 52.1 Å². The summed E-state index contributed by atoms with van der Waals surface area (Å²) in [5, 5.41) is 2.14. The molecule has 200 valence electrons. The SMILES string of the molecule is COC(=O)c1cc(C#C[Si](C)(C)C)c(-c2ccc3nc(-c4sc(C)nc4C)ccc3c2)c(C2CCCCC2)c1. The van der Waals surface area contributed by atoms with Gasteiger partial charge in [0.05, 0.1) is 39.5 Å². The molecule has 39 heavy (non-hydrogen) atoms. The Morgan fingerprint density at radius 1 is 1.00 bits per heavy atom. The summed E-state index contributed by atoms with van der Waals surface area (Å²) < 4.78 is 5.15. The van der Waals surface area contributed by atoms with Crippen LogP contribution in [0.3, 0.4) is 0 Å². The zero-order valence-corrected chi connectivity index (χ0v) is 25.6. The molecule has 0 N–H and O–H groups in total. The minimum atomic E-state index is -1.65. The summed E-state index contributed by atoms with van der Waals surface area (Å²) in [5.41, 5.74) is 11.5. The maximum Gasteiger partial charge on any atom is 0.337 e. The number of carbonyl (C=O) groups excluding carboxylic acids is 1. The lowest BCUT2D eigenvalue weighted by atomic mass is 9.78. The maximum atomic E-state index is 12.7. The average molecular weight is 553 g/mol. The second-order valence-electron chi connectivity index (χ2n) is 11.6. The van der Waals surface area contributed by atoms with Crippen LogP contribution in [0.25, 0.3) is 32.6 Å². The van der Waals surface area contributed by atoms with E-state index >= 15 is 0 Å². The summed E-state index contributed by atoms with van der Waals surface area (Å²) in [7, 11) is -0.202. The van der Waals surface area contributed by atoms with Gasteiger partial charge in [-0.25, -0.2) is 14.8 Å². The lowest BCUT2D eigenvalue weighted by Gasteiger charge is -2.26. The highest BCUT2D eigenvalue weighted by Crippen LogP contribution is 2.41. The van der Waals surface area contributed by atoms with E-state index in [1.807, 2.05) is 19.9 Å². The lowest BCUT2D eigenvalue weighted by Crippen LogP contribution is -2.16. The van der Waals surface area contributed by atoms with Crippen molar-refractivity contribution in [3.8, 4) is 33.2 Å². The Balaban J connectivity index is 1.70. The quantitative estimate of drug-likeness (QED) is 0.144. The van der Waals surface area contributed by atoms with Gasteiger partial charge in [0.15, 0.2) is 0 Å². The first-order valence-electron chi connectivity index (χ1n) is 13.8. The number of esters is 1. The van der Waals surface area contributed by atoms with Crippen LogP contribution in [0.1, 0.15) is 70.2 Å². The third kappa shape index (κ3) is 6.00. The molecule has 1 aliphatic rings. The van der Waals surface area contributed by atoms with Gasteiger partial charge in [-0.2, -0.15) is 0 Å². The van der Waals surface area contributed by atoms with Crippen molar-refractivity contribution in [2.45, 2.75) is 71.5 Å². The molecule has 0 amide bonds. The third-order valence-electron chi connectivity index (χ3n) is 7.32. The molecule has 2 aromatic carbocycles. The van der Waals surface area contributed by atoms with Crippen molar-refractivity contribution >= 4 is 36.3 Å². The van der Waals surface area contributed by atoms with Crippen molar-refractivity contribution in [1.29, 1.82) is 0 Å². The first-order chi connectivity index (χ1) is 18.6. The number of aryl methyl sites for hydroxylation is 2. The van der Waals surface area contributed by atoms with Gasteiger partial charge in [-0.1, -0.05) is 57.0 Å². The molecule has 0 radical (unpaired) electrons. The van der Waals surface area contributed by atoms with Crippen LogP contribution in [0, 0.1) is 25.3 Å². The van der Waals surface area contributed by atoms with E-state index in [2.05, 4.69) is 72.5 Å². The van der Waals surface area contributed by atoms with E-state index in [0.717, 1.165) is 61.7 Å². The van der Waals surface area contributed by atoms with Crippen molar-refractivity contribution in [3.63, 3.8) is 0 Å². The maximum absolute atomic E-state index is 12.7. The van der Waals surface area contributed by atoms with E-state index in [0.29, 0.717) is 11.5 Å². The van der Waals surface area contributed by atoms with E-state index in [1.54, 1.807) is 11.3 Å². The average Bonchev–Trinajstić information content (AvgIpc) is 3.27. The number of carbonyl (C=O) groups is 1. The number of aromatic nitrogens is 2. The summed E-state index contributed by atoms with van der Waals surface area (Å²) in [6.07, 6.45) is 5.95. The lowest BCUT2D eigenvalue weighted by molar-refractivity contribution is 0.0600. The summed E-state index contributed by atoms with van der Waals surface area (Å²) in [4.78, 5) is 23.4. The second-order valence-corrected chi connectivity index (χ2v) is 17.5. The number of rotatable bonds is 4. The fraction of sp³-hybridized carbons (Fsp3) is 0.364. The standard InChI is InChI=1S/C33H36N2O2SSi/c1-21-32(38-22(2)34-21)30-15-12-24-18-25(13-14-29(24)35-30)31-26(16-17-39(4,5)6)19-27(33(36)37-3)20-28(31)23-10-8-7-9-11-23/h12-15,18-20,23H,7-11H2,1-6H3. The van der Waals surface area contributed by atoms with Crippen LogP contribution < -0.4 is 0 Å². The number of hydrogen-bond acceptors (Lipinski definition) is 5. The molecule has 6 heteroatoms. The number of benzene rings is 2. The van der Waals surface area contributed by atoms with Gasteiger partial charge in [0.2, 0.25) is 0 Å². The van der Waals surface area contributed by atoms with Crippen LogP contribution in [0.15, 0.2) is 42.5 Å². The minimum Gasteiger partial charge on any atom is -0.465 e. The van der Waals surface area contributed by atoms with Gasteiger partial charge in [-0.3, -0.25) is 0 Å². The normalized spacial score (nSPS) is 14.2. The van der Waals surface area contributed by atoms with Gasteiger partial charge in [0.25, 0.3) is 0 Å². The van der Waals surface area contributed by atoms with E-state index in [-0.39, 0.29) is 5.97 Å². The first-order valence-corrected chi connectivity index (χ1v) is 18.1. The summed E-state index contributed by atoms with van der Waals surface area (Å²) in [5.74, 6) is 3.62. The van der Waals surface area contributed by atoms with Crippen molar-refractivity contribution in [2.75, 3.05) is 7.11 Å². The minimum absolute atomic E-state index is 0.307. The highest BCUT2D eigenvalue weighted by molar-refractivity contribution is 7.15. The Hall–Kier alpha value is -3.27. The summed E-state index contributed by atoms with van der Waals surface area (Å²) in [6, 6.07) is 14.8. The largest absolute Gasteiger partial charge is 0.465 e. The molecular weight excluding hydrogens is 517 g/mol. The van der Waals surface area contributed by atoms with Gasteiger partial charge >= 0.3 is 5.97 Å². The molecule has 0 aliphatic heterocycles. The first kappa shape index (κ1) is 27.3. The van der Waals surface area contributed by atoms with Crippen molar-refractivity contribution in [3.05, 3.63) is 69.9 Å². The molecule has 0 bridgehead atoms. The van der Waals surface area contributed by atoms with Crippen LogP contribution in [-0.4, -0.2) is 31.1 Å².